The number of hydrogen-bond donors (Lipinski definition) is 2. The fourth-order valence-electron chi connectivity index (χ4n) is 2.16. The van der Waals surface area contributed by atoms with Crippen LogP contribution in [0.5, 0.6) is 0 Å². The summed E-state index contributed by atoms with van der Waals surface area (Å²) in [6.07, 6.45) is 4.09. The summed E-state index contributed by atoms with van der Waals surface area (Å²) in [5.41, 5.74) is 0.589. The number of rotatable bonds is 2. The molecule has 0 bridgehead atoms. The lowest BCUT2D eigenvalue weighted by molar-refractivity contribution is -0.123. The lowest BCUT2D eigenvalue weighted by atomic mass is 10.1. The second kappa shape index (κ2) is 6.55. The van der Waals surface area contributed by atoms with Crippen molar-refractivity contribution < 1.29 is 4.79 Å². The van der Waals surface area contributed by atoms with Crippen molar-refractivity contribution in [2.24, 2.45) is 5.92 Å². The summed E-state index contributed by atoms with van der Waals surface area (Å²) in [7, 11) is 0. The van der Waals surface area contributed by atoms with Crippen molar-refractivity contribution in [1.82, 2.24) is 5.32 Å². The molecule has 2 N–H and O–H groups in total. The van der Waals surface area contributed by atoms with Crippen LogP contribution >= 0.6 is 35.4 Å². The standard InChI is InChI=1S/C13H14Cl2N2OS/c14-9-6-3-7-10(11(9)15)16-13(19)17-12(18)8-4-1-2-5-8/h3,6-8H,1-2,4-5H2,(H2,16,17,18,19). The number of carbonyl (C=O) groups is 1. The number of anilines is 1. The molecule has 0 radical (unpaired) electrons. The van der Waals surface area contributed by atoms with Crippen molar-refractivity contribution >= 4 is 52.1 Å². The number of hydrogen-bond acceptors (Lipinski definition) is 2. The first-order valence-electron chi connectivity index (χ1n) is 6.14. The van der Waals surface area contributed by atoms with Crippen LogP contribution in [0.4, 0.5) is 5.69 Å². The summed E-state index contributed by atoms with van der Waals surface area (Å²) in [6.45, 7) is 0. The van der Waals surface area contributed by atoms with Gasteiger partial charge in [-0.05, 0) is 37.2 Å². The summed E-state index contributed by atoms with van der Waals surface area (Å²) in [5.74, 6) is 0.0581. The fourth-order valence-corrected chi connectivity index (χ4v) is 2.71. The average Bonchev–Trinajstić information content (AvgIpc) is 2.88. The van der Waals surface area contributed by atoms with E-state index in [0.717, 1.165) is 25.7 Å². The number of carbonyl (C=O) groups excluding carboxylic acids is 1. The third kappa shape index (κ3) is 3.81. The van der Waals surface area contributed by atoms with Crippen molar-refractivity contribution in [2.75, 3.05) is 5.32 Å². The van der Waals surface area contributed by atoms with Crippen LogP contribution in [-0.2, 0) is 4.79 Å². The molecular weight excluding hydrogens is 303 g/mol. The Morgan fingerprint density at radius 2 is 1.95 bits per heavy atom. The summed E-state index contributed by atoms with van der Waals surface area (Å²) >= 11 is 17.0. The van der Waals surface area contributed by atoms with Crippen molar-refractivity contribution in [3.05, 3.63) is 28.2 Å². The van der Waals surface area contributed by atoms with E-state index in [-0.39, 0.29) is 16.9 Å². The second-order valence-electron chi connectivity index (χ2n) is 4.53. The van der Waals surface area contributed by atoms with Gasteiger partial charge in [0.15, 0.2) is 5.11 Å². The minimum absolute atomic E-state index is 0.0202. The number of nitrogens with one attached hydrogen (secondary N) is 2. The van der Waals surface area contributed by atoms with E-state index >= 15 is 0 Å². The van der Waals surface area contributed by atoms with Crippen LogP contribution in [0.3, 0.4) is 0 Å². The van der Waals surface area contributed by atoms with Gasteiger partial charge in [0, 0.05) is 5.92 Å². The molecule has 1 amide bonds. The molecule has 3 nitrogen and oxygen atoms in total. The molecule has 2 rings (SSSR count). The summed E-state index contributed by atoms with van der Waals surface area (Å²) in [5, 5.41) is 6.67. The van der Waals surface area contributed by atoms with E-state index in [1.165, 1.54) is 0 Å². The predicted octanol–water partition coefficient (Wildman–Crippen LogP) is 4.00. The van der Waals surface area contributed by atoms with Gasteiger partial charge in [0.05, 0.1) is 15.7 Å². The lowest BCUT2D eigenvalue weighted by Gasteiger charge is -2.13. The van der Waals surface area contributed by atoms with E-state index < -0.39 is 0 Å². The highest BCUT2D eigenvalue weighted by Crippen LogP contribution is 2.29. The highest BCUT2D eigenvalue weighted by molar-refractivity contribution is 7.80. The van der Waals surface area contributed by atoms with E-state index in [1.807, 2.05) is 0 Å². The third-order valence-corrected chi connectivity index (χ3v) is 4.19. The van der Waals surface area contributed by atoms with Gasteiger partial charge in [0.1, 0.15) is 0 Å². The Labute approximate surface area is 127 Å². The van der Waals surface area contributed by atoms with Gasteiger partial charge >= 0.3 is 0 Å². The maximum absolute atomic E-state index is 11.9. The number of benzene rings is 1. The monoisotopic (exact) mass is 316 g/mol. The fraction of sp³-hybridized carbons (Fsp3) is 0.385. The predicted molar refractivity (Wildman–Crippen MR) is 82.8 cm³/mol. The minimum atomic E-state index is -0.0202. The van der Waals surface area contributed by atoms with Gasteiger partial charge < -0.3 is 10.6 Å². The highest BCUT2D eigenvalue weighted by Gasteiger charge is 2.23. The molecule has 0 atom stereocenters. The van der Waals surface area contributed by atoms with Crippen LogP contribution in [0, 0.1) is 5.92 Å². The first-order chi connectivity index (χ1) is 9.08. The molecule has 1 aromatic rings. The van der Waals surface area contributed by atoms with Crippen molar-refractivity contribution in [3.8, 4) is 0 Å². The molecule has 6 heteroatoms. The molecule has 1 aromatic carbocycles. The van der Waals surface area contributed by atoms with Gasteiger partial charge in [-0.1, -0.05) is 42.1 Å². The Balaban J connectivity index is 1.93. The molecule has 102 valence electrons. The van der Waals surface area contributed by atoms with Crippen LogP contribution < -0.4 is 10.6 Å². The zero-order valence-electron chi connectivity index (χ0n) is 10.2. The molecular formula is C13H14Cl2N2OS. The zero-order chi connectivity index (χ0) is 13.8. The lowest BCUT2D eigenvalue weighted by Crippen LogP contribution is -2.37. The number of thiocarbonyl (C=S) groups is 1. The van der Waals surface area contributed by atoms with Gasteiger partial charge in [-0.2, -0.15) is 0 Å². The van der Waals surface area contributed by atoms with Crippen LogP contribution in [0.15, 0.2) is 18.2 Å². The Hall–Kier alpha value is -0.840. The topological polar surface area (TPSA) is 41.1 Å². The van der Waals surface area contributed by atoms with Crippen LogP contribution in [-0.4, -0.2) is 11.0 Å². The molecule has 0 unspecified atom stereocenters. The molecule has 0 aliphatic heterocycles. The molecule has 19 heavy (non-hydrogen) atoms. The number of amides is 1. The van der Waals surface area contributed by atoms with E-state index in [0.29, 0.717) is 15.7 Å². The minimum Gasteiger partial charge on any atom is -0.331 e. The van der Waals surface area contributed by atoms with Gasteiger partial charge in [-0.3, -0.25) is 4.79 Å². The van der Waals surface area contributed by atoms with Gasteiger partial charge in [0.25, 0.3) is 0 Å². The summed E-state index contributed by atoms with van der Waals surface area (Å²) < 4.78 is 0. The van der Waals surface area contributed by atoms with Crippen LogP contribution in [0.1, 0.15) is 25.7 Å². The normalized spacial score (nSPS) is 15.3. The molecule has 1 saturated carbocycles. The smallest absolute Gasteiger partial charge is 0.229 e. The molecule has 0 aromatic heterocycles. The van der Waals surface area contributed by atoms with Gasteiger partial charge in [-0.25, -0.2) is 0 Å². The molecule has 1 aliphatic carbocycles. The highest BCUT2D eigenvalue weighted by atomic mass is 35.5. The van der Waals surface area contributed by atoms with Crippen molar-refractivity contribution in [3.63, 3.8) is 0 Å². The molecule has 1 fully saturated rings. The van der Waals surface area contributed by atoms with Gasteiger partial charge in [-0.15, -0.1) is 0 Å². The zero-order valence-corrected chi connectivity index (χ0v) is 12.5. The Morgan fingerprint density at radius 1 is 1.26 bits per heavy atom. The average molecular weight is 317 g/mol. The first kappa shape index (κ1) is 14.6. The third-order valence-electron chi connectivity index (χ3n) is 3.16. The quantitative estimate of drug-likeness (QED) is 0.810. The maximum Gasteiger partial charge on any atom is 0.229 e. The van der Waals surface area contributed by atoms with E-state index in [4.69, 9.17) is 35.4 Å². The Kier molecular flexibility index (Phi) is 5.02. The van der Waals surface area contributed by atoms with E-state index in [2.05, 4.69) is 10.6 Å². The first-order valence-corrected chi connectivity index (χ1v) is 7.30. The number of halogens is 2. The second-order valence-corrected chi connectivity index (χ2v) is 5.72. The summed E-state index contributed by atoms with van der Waals surface area (Å²) in [6, 6.07) is 5.20. The van der Waals surface area contributed by atoms with Crippen molar-refractivity contribution in [1.29, 1.82) is 0 Å². The molecule has 0 saturated heterocycles. The Morgan fingerprint density at radius 3 is 2.63 bits per heavy atom. The van der Waals surface area contributed by atoms with Gasteiger partial charge in [0.2, 0.25) is 5.91 Å². The van der Waals surface area contributed by atoms with E-state index in [1.54, 1.807) is 18.2 Å². The molecule has 1 aliphatic rings. The van der Waals surface area contributed by atoms with E-state index in [9.17, 15) is 4.79 Å². The molecule has 0 spiro atoms. The van der Waals surface area contributed by atoms with Crippen molar-refractivity contribution in [2.45, 2.75) is 25.7 Å². The summed E-state index contributed by atoms with van der Waals surface area (Å²) in [4.78, 5) is 11.9. The van der Waals surface area contributed by atoms with Crippen LogP contribution in [0.25, 0.3) is 0 Å². The largest absolute Gasteiger partial charge is 0.331 e. The van der Waals surface area contributed by atoms with Crippen LogP contribution in [0.2, 0.25) is 10.0 Å². The Bertz CT molecular complexity index is 501. The maximum atomic E-state index is 11.9. The molecule has 0 heterocycles. The SMILES string of the molecule is O=C(NC(=S)Nc1cccc(Cl)c1Cl)C1CCCC1.